The van der Waals surface area contributed by atoms with Crippen molar-refractivity contribution < 1.29 is 0 Å². The van der Waals surface area contributed by atoms with Gasteiger partial charge in [-0.15, -0.1) is 0 Å². The molecule has 1 aromatic heterocycles. The highest BCUT2D eigenvalue weighted by molar-refractivity contribution is 7.08. The van der Waals surface area contributed by atoms with Gasteiger partial charge in [-0.1, -0.05) is 48.5 Å². The average Bonchev–Trinajstić information content (AvgIpc) is 3.07. The highest BCUT2D eigenvalue weighted by Gasteiger charge is 2.27. The highest BCUT2D eigenvalue weighted by Crippen LogP contribution is 2.43. The highest BCUT2D eigenvalue weighted by atomic mass is 32.1. The van der Waals surface area contributed by atoms with E-state index in [-0.39, 0.29) is 0 Å². The van der Waals surface area contributed by atoms with E-state index < -0.39 is 0 Å². The average molecular weight is 291 g/mol. The lowest BCUT2D eigenvalue weighted by Crippen LogP contribution is -2.20. The number of rotatable bonds is 3. The van der Waals surface area contributed by atoms with Crippen molar-refractivity contribution in [2.24, 2.45) is 0 Å². The zero-order valence-corrected chi connectivity index (χ0v) is 12.8. The van der Waals surface area contributed by atoms with E-state index in [1.165, 1.54) is 33.4 Å². The molecular formula is C19H17NS. The molecule has 0 atom stereocenters. The van der Waals surface area contributed by atoms with Crippen molar-refractivity contribution in [3.63, 3.8) is 0 Å². The molecule has 4 rings (SSSR count). The van der Waals surface area contributed by atoms with Gasteiger partial charge in [-0.25, -0.2) is 0 Å². The summed E-state index contributed by atoms with van der Waals surface area (Å²) in [4.78, 5) is 0. The minimum Gasteiger partial charge on any atom is -0.302 e. The van der Waals surface area contributed by atoms with E-state index in [1.54, 1.807) is 11.3 Å². The summed E-state index contributed by atoms with van der Waals surface area (Å²) >= 11 is 1.78. The summed E-state index contributed by atoms with van der Waals surface area (Å²) in [6.45, 7) is 3.10. The Morgan fingerprint density at radius 2 is 1.52 bits per heavy atom. The topological polar surface area (TPSA) is 12.0 Å². The molecule has 2 aromatic carbocycles. The number of aryl methyl sites for hydroxylation is 1. The van der Waals surface area contributed by atoms with E-state index >= 15 is 0 Å². The molecule has 0 spiro atoms. The normalized spacial score (nSPS) is 13.2. The van der Waals surface area contributed by atoms with Crippen LogP contribution in [0, 0.1) is 6.92 Å². The fraction of sp³-hybridized carbons (Fsp3) is 0.158. The Bertz CT molecular complexity index is 742. The molecule has 1 heterocycles. The maximum absolute atomic E-state index is 3.74. The van der Waals surface area contributed by atoms with Gasteiger partial charge < -0.3 is 5.32 Å². The first-order valence-electron chi connectivity index (χ1n) is 7.28. The molecule has 0 saturated heterocycles. The van der Waals surface area contributed by atoms with E-state index in [2.05, 4.69) is 71.5 Å². The fourth-order valence-electron chi connectivity index (χ4n) is 3.16. The van der Waals surface area contributed by atoms with Crippen molar-refractivity contribution in [3.8, 4) is 11.1 Å². The lowest BCUT2D eigenvalue weighted by molar-refractivity contribution is 0.615. The van der Waals surface area contributed by atoms with Crippen LogP contribution in [0.5, 0.6) is 0 Å². The van der Waals surface area contributed by atoms with Crippen LogP contribution in [0.1, 0.15) is 28.3 Å². The van der Waals surface area contributed by atoms with Crippen molar-refractivity contribution in [1.82, 2.24) is 5.32 Å². The van der Waals surface area contributed by atoms with E-state index in [1.807, 2.05) is 0 Å². The van der Waals surface area contributed by atoms with Gasteiger partial charge in [0.15, 0.2) is 0 Å². The summed E-state index contributed by atoms with van der Waals surface area (Å²) in [6.07, 6.45) is 0. The van der Waals surface area contributed by atoms with Crippen LogP contribution in [0.4, 0.5) is 0 Å². The number of benzene rings is 2. The zero-order valence-electron chi connectivity index (χ0n) is 12.0. The number of hydrogen-bond acceptors (Lipinski definition) is 2. The van der Waals surface area contributed by atoms with Gasteiger partial charge in [-0.2, -0.15) is 11.3 Å². The molecule has 3 aromatic rings. The van der Waals surface area contributed by atoms with Gasteiger partial charge in [-0.05, 0) is 51.1 Å². The molecule has 1 aliphatic carbocycles. The van der Waals surface area contributed by atoms with Crippen molar-refractivity contribution >= 4 is 11.3 Å². The molecule has 21 heavy (non-hydrogen) atoms. The van der Waals surface area contributed by atoms with E-state index in [4.69, 9.17) is 0 Å². The quantitative estimate of drug-likeness (QED) is 0.722. The molecule has 0 amide bonds. The predicted octanol–water partition coefficient (Wildman–Crippen LogP) is 4.92. The molecule has 104 valence electrons. The summed E-state index contributed by atoms with van der Waals surface area (Å²) in [6, 6.07) is 17.8. The van der Waals surface area contributed by atoms with Gasteiger partial charge >= 0.3 is 0 Å². The van der Waals surface area contributed by atoms with Gasteiger partial charge in [0.25, 0.3) is 0 Å². The van der Waals surface area contributed by atoms with Crippen LogP contribution >= 0.6 is 11.3 Å². The van der Waals surface area contributed by atoms with Crippen LogP contribution in [0.25, 0.3) is 11.1 Å². The first-order valence-corrected chi connectivity index (χ1v) is 8.22. The molecule has 0 saturated carbocycles. The Morgan fingerprint density at radius 3 is 2.10 bits per heavy atom. The van der Waals surface area contributed by atoms with Crippen molar-refractivity contribution in [2.45, 2.75) is 19.5 Å². The molecule has 1 N–H and O–H groups in total. The van der Waals surface area contributed by atoms with Crippen LogP contribution < -0.4 is 5.32 Å². The number of hydrogen-bond donors (Lipinski definition) is 1. The van der Waals surface area contributed by atoms with Gasteiger partial charge in [0, 0.05) is 6.54 Å². The van der Waals surface area contributed by atoms with E-state index in [0.29, 0.717) is 6.04 Å². The summed E-state index contributed by atoms with van der Waals surface area (Å²) in [5, 5.41) is 8.20. The molecule has 2 heteroatoms. The number of fused-ring (bicyclic) bond motifs is 3. The van der Waals surface area contributed by atoms with Crippen LogP contribution in [0.2, 0.25) is 0 Å². The third-order valence-corrected chi connectivity index (χ3v) is 5.20. The summed E-state index contributed by atoms with van der Waals surface area (Å²) in [5.74, 6) is 0. The van der Waals surface area contributed by atoms with Crippen LogP contribution in [-0.4, -0.2) is 0 Å². The number of nitrogens with one attached hydrogen (secondary N) is 1. The molecule has 0 fully saturated rings. The third kappa shape index (κ3) is 2.11. The molecule has 0 aliphatic heterocycles. The Kier molecular flexibility index (Phi) is 3.13. The minimum absolute atomic E-state index is 0.302. The van der Waals surface area contributed by atoms with Gasteiger partial charge in [0.1, 0.15) is 0 Å². The summed E-state index contributed by atoms with van der Waals surface area (Å²) in [7, 11) is 0. The maximum atomic E-state index is 3.74. The van der Waals surface area contributed by atoms with Crippen molar-refractivity contribution in [2.75, 3.05) is 0 Å². The Hall–Kier alpha value is -1.90. The van der Waals surface area contributed by atoms with Crippen LogP contribution in [0.15, 0.2) is 59.3 Å². The van der Waals surface area contributed by atoms with Gasteiger partial charge in [-0.3, -0.25) is 0 Å². The largest absolute Gasteiger partial charge is 0.302 e. The second kappa shape index (κ2) is 5.14. The third-order valence-electron chi connectivity index (χ3n) is 4.29. The fourth-order valence-corrected chi connectivity index (χ4v) is 4.01. The standard InChI is InChI=1S/C19H17NS/c1-13-11-21-12-14(13)10-20-19-17-8-4-2-6-15(17)16-7-3-5-9-18(16)19/h2-9,11-12,19-20H,10H2,1H3. The Balaban J connectivity index is 1.70. The van der Waals surface area contributed by atoms with E-state index in [9.17, 15) is 0 Å². The molecular weight excluding hydrogens is 274 g/mol. The monoisotopic (exact) mass is 291 g/mol. The van der Waals surface area contributed by atoms with Crippen LogP contribution in [-0.2, 0) is 6.54 Å². The predicted molar refractivity (Wildman–Crippen MR) is 89.6 cm³/mol. The number of thiophene rings is 1. The lowest BCUT2D eigenvalue weighted by atomic mass is 10.0. The molecule has 1 nitrogen and oxygen atoms in total. The SMILES string of the molecule is Cc1cscc1CNC1c2ccccc2-c2ccccc21. The molecule has 0 bridgehead atoms. The van der Waals surface area contributed by atoms with Gasteiger partial charge in [0.05, 0.1) is 6.04 Å². The van der Waals surface area contributed by atoms with Crippen molar-refractivity contribution in [1.29, 1.82) is 0 Å². The molecule has 0 unspecified atom stereocenters. The second-order valence-electron chi connectivity index (χ2n) is 5.57. The Labute approximate surface area is 129 Å². The minimum atomic E-state index is 0.302. The lowest BCUT2D eigenvalue weighted by Gasteiger charge is -2.16. The smallest absolute Gasteiger partial charge is 0.0591 e. The molecule has 1 aliphatic rings. The first kappa shape index (κ1) is 12.8. The van der Waals surface area contributed by atoms with E-state index in [0.717, 1.165) is 6.54 Å². The van der Waals surface area contributed by atoms with Crippen molar-refractivity contribution in [3.05, 3.63) is 81.5 Å². The van der Waals surface area contributed by atoms with Gasteiger partial charge in [0.2, 0.25) is 0 Å². The zero-order chi connectivity index (χ0) is 14.2. The maximum Gasteiger partial charge on any atom is 0.0591 e. The summed E-state index contributed by atoms with van der Waals surface area (Å²) < 4.78 is 0. The molecule has 0 radical (unpaired) electrons. The second-order valence-corrected chi connectivity index (χ2v) is 6.31. The first-order chi connectivity index (χ1) is 10.3. The summed E-state index contributed by atoms with van der Waals surface area (Å²) in [5.41, 5.74) is 8.31. The Morgan fingerprint density at radius 1 is 0.905 bits per heavy atom. The van der Waals surface area contributed by atoms with Crippen LogP contribution in [0.3, 0.4) is 0 Å².